The number of benzene rings is 3. The Labute approximate surface area is 270 Å². The number of alkyl halides is 3. The first-order chi connectivity index (χ1) is 21.9. The Morgan fingerprint density at radius 3 is 2.37 bits per heavy atom. The van der Waals surface area contributed by atoms with Crippen LogP contribution in [0.2, 0.25) is 0 Å². The van der Waals surface area contributed by atoms with Gasteiger partial charge < -0.3 is 24.3 Å². The molecule has 5 rings (SSSR count). The largest absolute Gasteiger partial charge is 0.573 e. The molecule has 2 amide bonds. The van der Waals surface area contributed by atoms with E-state index in [9.17, 15) is 18.0 Å². The van der Waals surface area contributed by atoms with Crippen molar-refractivity contribution in [2.45, 2.75) is 40.0 Å². The molecule has 1 fully saturated rings. The highest BCUT2D eigenvalue weighted by Crippen LogP contribution is 2.35. The van der Waals surface area contributed by atoms with Gasteiger partial charge in [0.25, 0.3) is 0 Å². The molecule has 0 saturated carbocycles. The van der Waals surface area contributed by atoms with Crippen LogP contribution in [0.5, 0.6) is 11.5 Å². The van der Waals surface area contributed by atoms with Gasteiger partial charge in [-0.3, -0.25) is 0 Å². The standard InChI is InChI=1S/C34H34F3N5O3S/c1-21(2)29-18-28(44-5)14-15-31(29)42-16-17-46-33(42)40-32(43)39-23(4)22(3)24-6-8-25(9-7-24)30-19-41(20-38-30)26-10-12-27(13-11-26)45-34(35,36)37/h6-15,18-21H,16-17H2,1-5H3,(H,39,43)/b23-22+,40-33-. The van der Waals surface area contributed by atoms with Gasteiger partial charge in [0.15, 0.2) is 5.17 Å². The van der Waals surface area contributed by atoms with Crippen LogP contribution in [0.15, 0.2) is 89.9 Å². The molecule has 0 atom stereocenters. The van der Waals surface area contributed by atoms with Gasteiger partial charge >= 0.3 is 12.4 Å². The van der Waals surface area contributed by atoms with Crippen molar-refractivity contribution < 1.29 is 27.4 Å². The highest BCUT2D eigenvalue weighted by molar-refractivity contribution is 8.14. The third-order valence-electron chi connectivity index (χ3n) is 7.54. The minimum Gasteiger partial charge on any atom is -0.497 e. The predicted octanol–water partition coefficient (Wildman–Crippen LogP) is 8.64. The number of halogens is 3. The molecule has 3 aromatic carbocycles. The minimum absolute atomic E-state index is 0.267. The number of anilines is 1. The zero-order chi connectivity index (χ0) is 33.0. The number of urea groups is 1. The fourth-order valence-electron chi connectivity index (χ4n) is 5.00. The van der Waals surface area contributed by atoms with Crippen molar-refractivity contribution >= 4 is 34.2 Å². The van der Waals surface area contributed by atoms with Crippen LogP contribution in [0.3, 0.4) is 0 Å². The number of methoxy groups -OCH3 is 1. The number of amidine groups is 1. The molecule has 240 valence electrons. The first-order valence-electron chi connectivity index (χ1n) is 14.6. The van der Waals surface area contributed by atoms with E-state index in [4.69, 9.17) is 4.74 Å². The number of allylic oxidation sites excluding steroid dienone is 2. The van der Waals surface area contributed by atoms with Crippen LogP contribution in [0.4, 0.5) is 23.7 Å². The number of aromatic nitrogens is 2. The number of carbonyl (C=O) groups is 1. The molecule has 12 heteroatoms. The summed E-state index contributed by atoms with van der Waals surface area (Å²) in [5.41, 5.74) is 6.84. The summed E-state index contributed by atoms with van der Waals surface area (Å²) in [5.74, 6) is 1.60. The molecule has 0 aliphatic carbocycles. The molecule has 1 saturated heterocycles. The van der Waals surface area contributed by atoms with E-state index in [2.05, 4.69) is 38.8 Å². The summed E-state index contributed by atoms with van der Waals surface area (Å²) in [6.45, 7) is 8.79. The lowest BCUT2D eigenvalue weighted by molar-refractivity contribution is -0.274. The number of hydrogen-bond acceptors (Lipinski definition) is 5. The highest BCUT2D eigenvalue weighted by Gasteiger charge is 2.31. The van der Waals surface area contributed by atoms with Crippen LogP contribution in [-0.2, 0) is 0 Å². The average Bonchev–Trinajstić information content (AvgIpc) is 3.70. The smallest absolute Gasteiger partial charge is 0.497 e. The normalized spacial score (nSPS) is 14.9. The van der Waals surface area contributed by atoms with E-state index >= 15 is 0 Å². The SMILES string of the molecule is COc1ccc(N2CCS/C2=N\C(=O)N/C(C)=C(\C)c2ccc(-c3cn(-c4ccc(OC(F)(F)F)cc4)cn3)cc2)c(C(C)C)c1. The van der Waals surface area contributed by atoms with Crippen LogP contribution >= 0.6 is 11.8 Å². The number of imidazole rings is 1. The molecule has 4 aromatic rings. The zero-order valence-corrected chi connectivity index (χ0v) is 26.9. The number of aliphatic imine (C=N–C) groups is 1. The molecule has 0 bridgehead atoms. The van der Waals surface area contributed by atoms with Crippen LogP contribution in [0.1, 0.15) is 44.7 Å². The summed E-state index contributed by atoms with van der Waals surface area (Å²) >= 11 is 1.55. The van der Waals surface area contributed by atoms with Crippen LogP contribution < -0.4 is 19.7 Å². The highest BCUT2D eigenvalue weighted by atomic mass is 32.2. The Balaban J connectivity index is 1.26. The fraction of sp³-hybridized carbons (Fsp3) is 0.265. The Hall–Kier alpha value is -4.71. The van der Waals surface area contributed by atoms with E-state index in [0.29, 0.717) is 22.2 Å². The van der Waals surface area contributed by atoms with Crippen LogP contribution in [0.25, 0.3) is 22.5 Å². The topological polar surface area (TPSA) is 81.0 Å². The van der Waals surface area contributed by atoms with Crippen LogP contribution in [0, 0.1) is 0 Å². The monoisotopic (exact) mass is 649 g/mol. The predicted molar refractivity (Wildman–Crippen MR) is 177 cm³/mol. The number of carbonyl (C=O) groups excluding carboxylic acids is 1. The molecule has 0 radical (unpaired) electrons. The maximum atomic E-state index is 13.0. The van der Waals surface area contributed by atoms with Gasteiger partial charge in [-0.05, 0) is 78.9 Å². The van der Waals surface area contributed by atoms with Gasteiger partial charge in [-0.15, -0.1) is 13.2 Å². The van der Waals surface area contributed by atoms with Gasteiger partial charge in [0.1, 0.15) is 11.5 Å². The van der Waals surface area contributed by atoms with Crippen molar-refractivity contribution in [2.24, 2.45) is 4.99 Å². The second-order valence-corrected chi connectivity index (χ2v) is 12.0. The molecule has 1 N–H and O–H groups in total. The van der Waals surface area contributed by atoms with Crippen molar-refractivity contribution in [1.82, 2.24) is 14.9 Å². The number of nitrogens with zero attached hydrogens (tertiary/aromatic N) is 4. The Kier molecular flexibility index (Phi) is 9.76. The van der Waals surface area contributed by atoms with Crippen molar-refractivity contribution in [3.8, 4) is 28.4 Å². The van der Waals surface area contributed by atoms with Crippen molar-refractivity contribution in [3.63, 3.8) is 0 Å². The molecular formula is C34H34F3N5O3S. The first kappa shape index (κ1) is 32.7. The maximum absolute atomic E-state index is 13.0. The van der Waals surface area contributed by atoms with Gasteiger partial charge in [-0.1, -0.05) is 49.9 Å². The van der Waals surface area contributed by atoms with E-state index in [1.807, 2.05) is 56.3 Å². The van der Waals surface area contributed by atoms with E-state index in [0.717, 1.165) is 46.0 Å². The second-order valence-electron chi connectivity index (χ2n) is 10.9. The van der Waals surface area contributed by atoms with E-state index < -0.39 is 12.4 Å². The van der Waals surface area contributed by atoms with Crippen LogP contribution in [-0.4, -0.2) is 46.5 Å². The third kappa shape index (κ3) is 7.74. The molecular weight excluding hydrogens is 615 g/mol. The fourth-order valence-corrected chi connectivity index (χ4v) is 5.94. The van der Waals surface area contributed by atoms with E-state index in [1.54, 1.807) is 36.0 Å². The molecule has 0 spiro atoms. The number of hydrogen-bond donors (Lipinski definition) is 1. The molecule has 2 heterocycles. The van der Waals surface area contributed by atoms with E-state index in [-0.39, 0.29) is 11.7 Å². The molecule has 8 nitrogen and oxygen atoms in total. The summed E-state index contributed by atoms with van der Waals surface area (Å²) in [4.78, 5) is 24.0. The third-order valence-corrected chi connectivity index (χ3v) is 8.50. The van der Waals surface area contributed by atoms with Crippen molar-refractivity contribution in [3.05, 3.63) is 96.1 Å². The van der Waals surface area contributed by atoms with Crippen molar-refractivity contribution in [2.75, 3.05) is 24.3 Å². The zero-order valence-electron chi connectivity index (χ0n) is 26.1. The summed E-state index contributed by atoms with van der Waals surface area (Å²) in [5, 5.41) is 3.58. The lowest BCUT2D eigenvalue weighted by Crippen LogP contribution is -2.28. The lowest BCUT2D eigenvalue weighted by atomic mass is 10.00. The van der Waals surface area contributed by atoms with Crippen molar-refractivity contribution in [1.29, 1.82) is 0 Å². The Bertz CT molecular complexity index is 1760. The molecule has 1 aromatic heterocycles. The van der Waals surface area contributed by atoms with E-state index in [1.165, 1.54) is 24.3 Å². The quantitative estimate of drug-likeness (QED) is 0.206. The molecule has 1 aliphatic heterocycles. The average molecular weight is 650 g/mol. The summed E-state index contributed by atoms with van der Waals surface area (Å²) in [6.07, 6.45) is -1.35. The summed E-state index contributed by atoms with van der Waals surface area (Å²) < 4.78 is 48.4. The van der Waals surface area contributed by atoms with Gasteiger partial charge in [0.05, 0.1) is 19.1 Å². The maximum Gasteiger partial charge on any atom is 0.573 e. The Morgan fingerprint density at radius 1 is 1.02 bits per heavy atom. The summed E-state index contributed by atoms with van der Waals surface area (Å²) in [6, 6.07) is 18.8. The lowest BCUT2D eigenvalue weighted by Gasteiger charge is -2.23. The second kappa shape index (κ2) is 13.7. The Morgan fingerprint density at radius 2 is 1.72 bits per heavy atom. The number of ether oxygens (including phenoxy) is 2. The van der Waals surface area contributed by atoms with Gasteiger partial charge in [0, 0.05) is 41.1 Å². The van der Waals surface area contributed by atoms with Gasteiger partial charge in [-0.25, -0.2) is 9.78 Å². The number of thioether (sulfide) groups is 1. The molecule has 1 aliphatic rings. The first-order valence-corrected chi connectivity index (χ1v) is 15.6. The molecule has 0 unspecified atom stereocenters. The van der Waals surface area contributed by atoms with Gasteiger partial charge in [-0.2, -0.15) is 4.99 Å². The number of nitrogens with one attached hydrogen (secondary N) is 1. The molecule has 46 heavy (non-hydrogen) atoms. The minimum atomic E-state index is -4.74. The number of amides is 2. The number of rotatable bonds is 8. The summed E-state index contributed by atoms with van der Waals surface area (Å²) in [7, 11) is 1.65. The van der Waals surface area contributed by atoms with Gasteiger partial charge in [0.2, 0.25) is 0 Å².